The molecular weight excluding hydrogens is 200 g/mol. The average Bonchev–Trinajstić information content (AvgIpc) is 2.31. The summed E-state index contributed by atoms with van der Waals surface area (Å²) in [5.41, 5.74) is 0.140. The quantitative estimate of drug-likeness (QED) is 0.745. The molecule has 0 aromatic carbocycles. The van der Waals surface area contributed by atoms with Crippen molar-refractivity contribution in [1.29, 1.82) is 0 Å². The smallest absolute Gasteiger partial charge is 0.0497 e. The Bertz CT molecular complexity index is 194. The molecule has 1 rings (SSSR count). The Morgan fingerprint density at radius 3 is 2.56 bits per heavy atom. The summed E-state index contributed by atoms with van der Waals surface area (Å²) in [6, 6.07) is 0. The van der Waals surface area contributed by atoms with E-state index < -0.39 is 0 Å². The van der Waals surface area contributed by atoms with Crippen LogP contribution in [0.15, 0.2) is 0 Å². The second kappa shape index (κ2) is 6.58. The largest absolute Gasteiger partial charge is 0.396 e. The molecule has 1 unspecified atom stereocenters. The van der Waals surface area contributed by atoms with Gasteiger partial charge in [0.2, 0.25) is 0 Å². The fraction of sp³-hybridized carbons (Fsp3) is 1.00. The third-order valence-corrected chi connectivity index (χ3v) is 3.87. The van der Waals surface area contributed by atoms with E-state index in [9.17, 15) is 5.11 Å². The van der Waals surface area contributed by atoms with E-state index in [1.165, 1.54) is 19.4 Å². The van der Waals surface area contributed by atoms with Gasteiger partial charge in [-0.1, -0.05) is 20.8 Å². The summed E-state index contributed by atoms with van der Waals surface area (Å²) < 4.78 is 0. The van der Waals surface area contributed by atoms with Gasteiger partial charge in [0, 0.05) is 31.7 Å². The molecule has 1 atom stereocenters. The molecule has 1 N–H and O–H groups in total. The van der Waals surface area contributed by atoms with Gasteiger partial charge in [-0.25, -0.2) is 0 Å². The fourth-order valence-corrected chi connectivity index (χ4v) is 2.57. The van der Waals surface area contributed by atoms with E-state index in [-0.39, 0.29) is 5.41 Å². The van der Waals surface area contributed by atoms with Crippen molar-refractivity contribution < 1.29 is 5.11 Å². The second-order valence-electron chi connectivity index (χ2n) is 5.38. The van der Waals surface area contributed by atoms with Gasteiger partial charge in [-0.15, -0.1) is 0 Å². The third-order valence-electron chi connectivity index (χ3n) is 3.87. The first-order chi connectivity index (χ1) is 7.63. The van der Waals surface area contributed by atoms with Crippen LogP contribution in [0.4, 0.5) is 0 Å². The molecule has 0 radical (unpaired) electrons. The van der Waals surface area contributed by atoms with E-state index in [0.717, 1.165) is 32.7 Å². The highest BCUT2D eigenvalue weighted by Gasteiger charge is 2.29. The predicted octanol–water partition coefficient (Wildman–Crippen LogP) is 1.42. The van der Waals surface area contributed by atoms with Crippen molar-refractivity contribution in [1.82, 2.24) is 9.80 Å². The summed E-state index contributed by atoms with van der Waals surface area (Å²) in [6.45, 7) is 13.8. The zero-order valence-corrected chi connectivity index (χ0v) is 11.2. The maximum Gasteiger partial charge on any atom is 0.0497 e. The highest BCUT2D eigenvalue weighted by Crippen LogP contribution is 2.28. The maximum absolute atomic E-state index is 9.40. The Morgan fingerprint density at radius 1 is 1.31 bits per heavy atom. The molecule has 1 aliphatic heterocycles. The molecule has 0 aliphatic carbocycles. The molecule has 0 bridgehead atoms. The van der Waals surface area contributed by atoms with Gasteiger partial charge in [0.15, 0.2) is 0 Å². The molecule has 1 heterocycles. The lowest BCUT2D eigenvalue weighted by Gasteiger charge is -2.40. The lowest BCUT2D eigenvalue weighted by molar-refractivity contribution is 0.0423. The lowest BCUT2D eigenvalue weighted by atomic mass is 9.83. The van der Waals surface area contributed by atoms with Crippen molar-refractivity contribution >= 4 is 0 Å². The van der Waals surface area contributed by atoms with Crippen LogP contribution in [0.2, 0.25) is 0 Å². The molecule has 1 aliphatic rings. The molecule has 16 heavy (non-hydrogen) atoms. The first-order valence-electron chi connectivity index (χ1n) is 6.69. The van der Waals surface area contributed by atoms with Crippen LogP contribution in [0.25, 0.3) is 0 Å². The molecule has 0 aromatic rings. The van der Waals surface area contributed by atoms with E-state index in [2.05, 4.69) is 30.6 Å². The van der Waals surface area contributed by atoms with Crippen molar-refractivity contribution in [2.24, 2.45) is 5.41 Å². The molecule has 0 spiro atoms. The number of aliphatic hydroxyl groups is 1. The average molecular weight is 228 g/mol. The van der Waals surface area contributed by atoms with Crippen LogP contribution in [0.5, 0.6) is 0 Å². The molecule has 1 fully saturated rings. The number of nitrogens with zero attached hydrogens (tertiary/aromatic N) is 2. The van der Waals surface area contributed by atoms with Crippen molar-refractivity contribution in [3.8, 4) is 0 Å². The van der Waals surface area contributed by atoms with Gasteiger partial charge in [-0.3, -0.25) is 0 Å². The van der Waals surface area contributed by atoms with Gasteiger partial charge in [-0.05, 0) is 32.5 Å². The van der Waals surface area contributed by atoms with Gasteiger partial charge in [0.25, 0.3) is 0 Å². The van der Waals surface area contributed by atoms with Crippen molar-refractivity contribution in [2.45, 2.75) is 33.6 Å². The molecule has 3 nitrogen and oxygen atoms in total. The van der Waals surface area contributed by atoms with Crippen LogP contribution in [0.1, 0.15) is 33.6 Å². The SMILES string of the molecule is CCN(CC)CCN1CCCC(C)(CO)C1. The molecule has 1 saturated heterocycles. The summed E-state index contributed by atoms with van der Waals surface area (Å²) in [7, 11) is 0. The first kappa shape index (κ1) is 13.9. The number of aliphatic hydroxyl groups excluding tert-OH is 1. The van der Waals surface area contributed by atoms with Crippen molar-refractivity contribution in [3.63, 3.8) is 0 Å². The Morgan fingerprint density at radius 2 is 2.00 bits per heavy atom. The molecular formula is C13H28N2O. The summed E-state index contributed by atoms with van der Waals surface area (Å²) >= 11 is 0. The van der Waals surface area contributed by atoms with E-state index in [0.29, 0.717) is 6.61 Å². The number of hydrogen-bond donors (Lipinski definition) is 1. The monoisotopic (exact) mass is 228 g/mol. The van der Waals surface area contributed by atoms with E-state index in [4.69, 9.17) is 0 Å². The zero-order chi connectivity index (χ0) is 12.0. The standard InChI is InChI=1S/C13H28N2O/c1-4-14(5-2)9-10-15-8-6-7-13(3,11-15)12-16/h16H,4-12H2,1-3H3. The van der Waals surface area contributed by atoms with Crippen molar-refractivity contribution in [3.05, 3.63) is 0 Å². The molecule has 3 heteroatoms. The number of likely N-dealkylation sites (N-methyl/N-ethyl adjacent to an activating group) is 1. The summed E-state index contributed by atoms with van der Waals surface area (Å²) in [4.78, 5) is 4.98. The Labute approximate surface area is 100 Å². The van der Waals surface area contributed by atoms with Gasteiger partial charge in [0.1, 0.15) is 0 Å². The summed E-state index contributed by atoms with van der Waals surface area (Å²) in [5.74, 6) is 0. The molecule has 0 aromatic heterocycles. The zero-order valence-electron chi connectivity index (χ0n) is 11.2. The number of rotatable bonds is 6. The second-order valence-corrected chi connectivity index (χ2v) is 5.38. The Kier molecular flexibility index (Phi) is 5.73. The van der Waals surface area contributed by atoms with Gasteiger partial charge in [0.05, 0.1) is 0 Å². The first-order valence-corrected chi connectivity index (χ1v) is 6.69. The Balaban J connectivity index is 2.32. The van der Waals surface area contributed by atoms with Crippen LogP contribution in [-0.4, -0.2) is 60.8 Å². The van der Waals surface area contributed by atoms with E-state index >= 15 is 0 Å². The highest BCUT2D eigenvalue weighted by molar-refractivity contribution is 4.83. The minimum atomic E-state index is 0.140. The highest BCUT2D eigenvalue weighted by atomic mass is 16.3. The van der Waals surface area contributed by atoms with E-state index in [1.807, 2.05) is 0 Å². The van der Waals surface area contributed by atoms with Crippen LogP contribution < -0.4 is 0 Å². The fourth-order valence-electron chi connectivity index (χ4n) is 2.57. The maximum atomic E-state index is 9.40. The molecule has 0 amide bonds. The van der Waals surface area contributed by atoms with Crippen LogP contribution in [-0.2, 0) is 0 Å². The van der Waals surface area contributed by atoms with Gasteiger partial charge in [-0.2, -0.15) is 0 Å². The van der Waals surface area contributed by atoms with Crippen LogP contribution >= 0.6 is 0 Å². The normalized spacial score (nSPS) is 27.6. The van der Waals surface area contributed by atoms with Gasteiger partial charge < -0.3 is 14.9 Å². The Hall–Kier alpha value is -0.120. The lowest BCUT2D eigenvalue weighted by Crippen LogP contribution is -2.46. The van der Waals surface area contributed by atoms with Gasteiger partial charge >= 0.3 is 0 Å². The van der Waals surface area contributed by atoms with Crippen molar-refractivity contribution in [2.75, 3.05) is 45.9 Å². The minimum Gasteiger partial charge on any atom is -0.396 e. The summed E-state index contributed by atoms with van der Waals surface area (Å²) in [6.07, 6.45) is 2.40. The third kappa shape index (κ3) is 4.04. The number of likely N-dealkylation sites (tertiary alicyclic amines) is 1. The number of hydrogen-bond acceptors (Lipinski definition) is 3. The molecule has 96 valence electrons. The number of piperidine rings is 1. The summed E-state index contributed by atoms with van der Waals surface area (Å²) in [5, 5.41) is 9.40. The minimum absolute atomic E-state index is 0.140. The topological polar surface area (TPSA) is 26.7 Å². The van der Waals surface area contributed by atoms with Crippen LogP contribution in [0.3, 0.4) is 0 Å². The van der Waals surface area contributed by atoms with Crippen LogP contribution in [0, 0.1) is 5.41 Å². The van der Waals surface area contributed by atoms with E-state index in [1.54, 1.807) is 0 Å². The molecule has 0 saturated carbocycles. The predicted molar refractivity (Wildman–Crippen MR) is 68.7 cm³/mol.